The van der Waals surface area contributed by atoms with Crippen LogP contribution < -0.4 is 10.2 Å². The fourth-order valence-electron chi connectivity index (χ4n) is 2.21. The average Bonchev–Trinajstić information content (AvgIpc) is 2.53. The van der Waals surface area contributed by atoms with Gasteiger partial charge in [0.1, 0.15) is 5.82 Å². The number of aryl methyl sites for hydroxylation is 1. The number of para-hydroxylation sites is 1. The summed E-state index contributed by atoms with van der Waals surface area (Å²) in [6.07, 6.45) is 0.0411. The van der Waals surface area contributed by atoms with Crippen LogP contribution in [0.5, 0.6) is 0 Å². The first-order valence-corrected chi connectivity index (χ1v) is 7.85. The molecular formula is C18H18ClFN2O2. The van der Waals surface area contributed by atoms with E-state index in [0.717, 1.165) is 5.56 Å². The largest absolute Gasteiger partial charge is 0.324 e. The fourth-order valence-corrected chi connectivity index (χ4v) is 2.38. The summed E-state index contributed by atoms with van der Waals surface area (Å²) in [6.45, 7) is 3.46. The van der Waals surface area contributed by atoms with Crippen LogP contribution in [0, 0.1) is 12.7 Å². The van der Waals surface area contributed by atoms with Crippen molar-refractivity contribution in [2.45, 2.75) is 20.3 Å². The fraction of sp³-hybridized carbons (Fsp3) is 0.222. The number of benzene rings is 2. The summed E-state index contributed by atoms with van der Waals surface area (Å²) in [5.41, 5.74) is 1.65. The molecule has 126 valence electrons. The van der Waals surface area contributed by atoms with Crippen LogP contribution in [0.1, 0.15) is 18.9 Å². The molecule has 0 saturated heterocycles. The Balaban J connectivity index is 2.03. The molecule has 4 nitrogen and oxygen atoms in total. The minimum atomic E-state index is -0.500. The molecule has 1 N–H and O–H groups in total. The van der Waals surface area contributed by atoms with Crippen LogP contribution in [0.15, 0.2) is 42.5 Å². The van der Waals surface area contributed by atoms with Gasteiger partial charge in [0.25, 0.3) is 0 Å². The highest BCUT2D eigenvalue weighted by molar-refractivity contribution is 6.31. The molecule has 0 aliphatic carbocycles. The molecule has 0 radical (unpaired) electrons. The van der Waals surface area contributed by atoms with Gasteiger partial charge >= 0.3 is 0 Å². The number of anilines is 2. The molecule has 0 bridgehead atoms. The first-order valence-electron chi connectivity index (χ1n) is 7.47. The minimum absolute atomic E-state index is 0.0411. The molecule has 2 aromatic rings. The maximum atomic E-state index is 13.5. The molecule has 0 unspecified atom stereocenters. The SMILES string of the molecule is CC(=O)N(CCC(=O)Nc1ccccc1F)c1ccc(C)c(Cl)c1. The Morgan fingerprint density at radius 1 is 1.21 bits per heavy atom. The van der Waals surface area contributed by atoms with Crippen LogP contribution in [-0.2, 0) is 9.59 Å². The number of halogens is 2. The van der Waals surface area contributed by atoms with E-state index in [1.165, 1.54) is 24.0 Å². The predicted molar refractivity (Wildman–Crippen MR) is 93.9 cm³/mol. The summed E-state index contributed by atoms with van der Waals surface area (Å²) in [6, 6.07) is 11.2. The van der Waals surface area contributed by atoms with E-state index in [0.29, 0.717) is 10.7 Å². The molecule has 0 spiro atoms. The smallest absolute Gasteiger partial charge is 0.226 e. The van der Waals surface area contributed by atoms with Crippen LogP contribution >= 0.6 is 11.6 Å². The molecular weight excluding hydrogens is 331 g/mol. The van der Waals surface area contributed by atoms with Gasteiger partial charge in [0.2, 0.25) is 11.8 Å². The summed E-state index contributed by atoms with van der Waals surface area (Å²) >= 11 is 6.09. The summed E-state index contributed by atoms with van der Waals surface area (Å²) < 4.78 is 13.5. The predicted octanol–water partition coefficient (Wildman–Crippen LogP) is 4.17. The Kier molecular flexibility index (Phi) is 5.93. The first kappa shape index (κ1) is 17.9. The van der Waals surface area contributed by atoms with Crippen molar-refractivity contribution in [2.24, 2.45) is 0 Å². The zero-order valence-electron chi connectivity index (χ0n) is 13.5. The zero-order valence-corrected chi connectivity index (χ0v) is 14.2. The van der Waals surface area contributed by atoms with E-state index in [1.807, 2.05) is 13.0 Å². The highest BCUT2D eigenvalue weighted by atomic mass is 35.5. The third-order valence-electron chi connectivity index (χ3n) is 3.56. The van der Waals surface area contributed by atoms with Crippen molar-refractivity contribution < 1.29 is 14.0 Å². The molecule has 6 heteroatoms. The summed E-state index contributed by atoms with van der Waals surface area (Å²) in [5, 5.41) is 3.05. The van der Waals surface area contributed by atoms with E-state index >= 15 is 0 Å². The number of carbonyl (C=O) groups excluding carboxylic acids is 2. The van der Waals surface area contributed by atoms with Gasteiger partial charge < -0.3 is 10.2 Å². The number of carbonyl (C=O) groups is 2. The van der Waals surface area contributed by atoms with Gasteiger partial charge in [-0.05, 0) is 36.8 Å². The van der Waals surface area contributed by atoms with Crippen LogP contribution in [0.25, 0.3) is 0 Å². The third-order valence-corrected chi connectivity index (χ3v) is 3.96. The number of rotatable bonds is 5. The van der Waals surface area contributed by atoms with Gasteiger partial charge in [0, 0.05) is 30.6 Å². The highest BCUT2D eigenvalue weighted by Gasteiger charge is 2.15. The second kappa shape index (κ2) is 7.93. The lowest BCUT2D eigenvalue weighted by atomic mass is 10.2. The molecule has 2 rings (SSSR count). The topological polar surface area (TPSA) is 49.4 Å². The van der Waals surface area contributed by atoms with Crippen molar-refractivity contribution in [3.8, 4) is 0 Å². The standard InChI is InChI=1S/C18H18ClFN2O2/c1-12-7-8-14(11-15(12)19)22(13(2)23)10-9-18(24)21-17-6-4-3-5-16(17)20/h3-8,11H,9-10H2,1-2H3,(H,21,24). The number of nitrogens with one attached hydrogen (secondary N) is 1. The Hall–Kier alpha value is -2.40. The number of nitrogens with zero attached hydrogens (tertiary/aromatic N) is 1. The number of amides is 2. The van der Waals surface area contributed by atoms with Crippen LogP contribution in [-0.4, -0.2) is 18.4 Å². The monoisotopic (exact) mass is 348 g/mol. The van der Waals surface area contributed by atoms with Gasteiger partial charge in [0.15, 0.2) is 0 Å². The molecule has 0 atom stereocenters. The van der Waals surface area contributed by atoms with Gasteiger partial charge in [-0.1, -0.05) is 29.8 Å². The summed E-state index contributed by atoms with van der Waals surface area (Å²) in [4.78, 5) is 25.3. The maximum Gasteiger partial charge on any atom is 0.226 e. The zero-order chi connectivity index (χ0) is 17.7. The Labute approximate surface area is 145 Å². The molecule has 0 saturated carbocycles. The summed E-state index contributed by atoms with van der Waals surface area (Å²) in [7, 11) is 0. The Morgan fingerprint density at radius 2 is 1.92 bits per heavy atom. The molecule has 0 aliphatic heterocycles. The van der Waals surface area contributed by atoms with Crippen molar-refractivity contribution in [2.75, 3.05) is 16.8 Å². The molecule has 0 aliphatic rings. The van der Waals surface area contributed by atoms with Gasteiger partial charge in [-0.15, -0.1) is 0 Å². The second-order valence-electron chi connectivity index (χ2n) is 5.38. The van der Waals surface area contributed by atoms with E-state index in [2.05, 4.69) is 5.32 Å². The Morgan fingerprint density at radius 3 is 2.54 bits per heavy atom. The number of hydrogen-bond acceptors (Lipinski definition) is 2. The normalized spacial score (nSPS) is 10.3. The quantitative estimate of drug-likeness (QED) is 0.881. The molecule has 2 aromatic carbocycles. The van der Waals surface area contributed by atoms with Crippen molar-refractivity contribution in [1.29, 1.82) is 0 Å². The maximum absolute atomic E-state index is 13.5. The van der Waals surface area contributed by atoms with E-state index in [9.17, 15) is 14.0 Å². The van der Waals surface area contributed by atoms with Gasteiger partial charge in [-0.2, -0.15) is 0 Å². The average molecular weight is 349 g/mol. The van der Waals surface area contributed by atoms with E-state index < -0.39 is 5.82 Å². The third kappa shape index (κ3) is 4.55. The van der Waals surface area contributed by atoms with Gasteiger partial charge in [0.05, 0.1) is 5.69 Å². The van der Waals surface area contributed by atoms with Crippen LogP contribution in [0.3, 0.4) is 0 Å². The molecule has 24 heavy (non-hydrogen) atoms. The van der Waals surface area contributed by atoms with Crippen molar-refractivity contribution >= 4 is 34.8 Å². The minimum Gasteiger partial charge on any atom is -0.324 e. The Bertz CT molecular complexity index is 764. The highest BCUT2D eigenvalue weighted by Crippen LogP contribution is 2.23. The molecule has 2 amide bonds. The summed E-state index contributed by atoms with van der Waals surface area (Å²) in [5.74, 6) is -1.07. The second-order valence-corrected chi connectivity index (χ2v) is 5.79. The van der Waals surface area contributed by atoms with Gasteiger partial charge in [-0.3, -0.25) is 9.59 Å². The lowest BCUT2D eigenvalue weighted by Gasteiger charge is -2.21. The van der Waals surface area contributed by atoms with Crippen molar-refractivity contribution in [3.63, 3.8) is 0 Å². The van der Waals surface area contributed by atoms with E-state index in [-0.39, 0.29) is 30.5 Å². The van der Waals surface area contributed by atoms with Crippen LogP contribution in [0.4, 0.5) is 15.8 Å². The molecule has 0 aromatic heterocycles. The van der Waals surface area contributed by atoms with Gasteiger partial charge in [-0.25, -0.2) is 4.39 Å². The van der Waals surface area contributed by atoms with E-state index in [1.54, 1.807) is 24.3 Å². The van der Waals surface area contributed by atoms with Crippen molar-refractivity contribution in [3.05, 3.63) is 58.9 Å². The lowest BCUT2D eigenvalue weighted by Crippen LogP contribution is -2.32. The van der Waals surface area contributed by atoms with Crippen LogP contribution in [0.2, 0.25) is 5.02 Å². The number of hydrogen-bond donors (Lipinski definition) is 1. The molecule has 0 fully saturated rings. The van der Waals surface area contributed by atoms with Crippen molar-refractivity contribution in [1.82, 2.24) is 0 Å². The molecule has 0 heterocycles. The first-order chi connectivity index (χ1) is 11.4. The lowest BCUT2D eigenvalue weighted by molar-refractivity contribution is -0.117. The van der Waals surface area contributed by atoms with E-state index in [4.69, 9.17) is 11.6 Å².